The van der Waals surface area contributed by atoms with Crippen LogP contribution in [0, 0.1) is 5.92 Å². The molecule has 1 heteroatoms. The maximum absolute atomic E-state index is 3.85. The Bertz CT molecular complexity index is 408. The molecule has 2 aliphatic rings. The van der Waals surface area contributed by atoms with Crippen LogP contribution in [0.25, 0.3) is 0 Å². The molecule has 2 aliphatic carbocycles. The topological polar surface area (TPSA) is 12.0 Å². The minimum atomic E-state index is 0.717. The molecule has 0 aliphatic heterocycles. The second-order valence-corrected chi connectivity index (χ2v) is 6.44. The second kappa shape index (κ2) is 6.09. The van der Waals surface area contributed by atoms with E-state index in [1.54, 1.807) is 11.1 Å². The van der Waals surface area contributed by atoms with Gasteiger partial charge in [-0.25, -0.2) is 0 Å². The minimum Gasteiger partial charge on any atom is -0.313 e. The minimum absolute atomic E-state index is 0.717. The van der Waals surface area contributed by atoms with Crippen LogP contribution in [0.4, 0.5) is 0 Å². The Kier molecular flexibility index (Phi) is 4.22. The van der Waals surface area contributed by atoms with Gasteiger partial charge < -0.3 is 5.32 Å². The summed E-state index contributed by atoms with van der Waals surface area (Å²) in [7, 11) is 0. The van der Waals surface area contributed by atoms with Gasteiger partial charge in [0.05, 0.1) is 0 Å². The summed E-state index contributed by atoms with van der Waals surface area (Å²) >= 11 is 0. The Labute approximate surface area is 117 Å². The quantitative estimate of drug-likeness (QED) is 0.802. The number of nitrogens with one attached hydrogen (secondary N) is 1. The van der Waals surface area contributed by atoms with Gasteiger partial charge in [-0.05, 0) is 55.2 Å². The van der Waals surface area contributed by atoms with Crippen molar-refractivity contribution in [2.75, 3.05) is 6.54 Å². The molecule has 1 fully saturated rings. The molecule has 0 aromatic heterocycles. The van der Waals surface area contributed by atoms with Crippen molar-refractivity contribution in [3.05, 3.63) is 35.4 Å². The number of fused-ring (bicyclic) bond motifs is 1. The fourth-order valence-electron chi connectivity index (χ4n) is 3.82. The highest BCUT2D eigenvalue weighted by Crippen LogP contribution is 2.40. The summed E-state index contributed by atoms with van der Waals surface area (Å²) in [4.78, 5) is 0. The number of aryl methyl sites for hydroxylation is 1. The van der Waals surface area contributed by atoms with Gasteiger partial charge in [-0.15, -0.1) is 0 Å². The van der Waals surface area contributed by atoms with Crippen molar-refractivity contribution >= 4 is 0 Å². The first-order valence-corrected chi connectivity index (χ1v) is 8.19. The highest BCUT2D eigenvalue weighted by molar-refractivity contribution is 5.36. The lowest BCUT2D eigenvalue weighted by Gasteiger charge is -2.33. The summed E-state index contributed by atoms with van der Waals surface area (Å²) in [5, 5.41) is 3.85. The highest BCUT2D eigenvalue weighted by atomic mass is 14.9. The molecule has 2 unspecified atom stereocenters. The molecular formula is C18H27N. The van der Waals surface area contributed by atoms with Crippen LogP contribution in [-0.4, -0.2) is 12.6 Å². The first kappa shape index (κ1) is 13.2. The Balaban J connectivity index is 1.71. The largest absolute Gasteiger partial charge is 0.313 e. The third-order valence-electron chi connectivity index (χ3n) is 5.13. The zero-order chi connectivity index (χ0) is 13.1. The lowest BCUT2D eigenvalue weighted by molar-refractivity contribution is 0.243. The van der Waals surface area contributed by atoms with E-state index in [1.165, 1.54) is 51.5 Å². The predicted octanol–water partition coefficient (Wildman–Crippen LogP) is 4.27. The van der Waals surface area contributed by atoms with Crippen molar-refractivity contribution in [3.8, 4) is 0 Å². The normalized spacial score (nSPS) is 23.9. The van der Waals surface area contributed by atoms with Gasteiger partial charge in [0, 0.05) is 6.04 Å². The summed E-state index contributed by atoms with van der Waals surface area (Å²) in [6, 6.07) is 9.83. The number of benzene rings is 1. The van der Waals surface area contributed by atoms with Gasteiger partial charge in [0.2, 0.25) is 0 Å². The van der Waals surface area contributed by atoms with Crippen molar-refractivity contribution in [3.63, 3.8) is 0 Å². The van der Waals surface area contributed by atoms with E-state index in [2.05, 4.69) is 36.5 Å². The van der Waals surface area contributed by atoms with E-state index in [1.807, 2.05) is 0 Å². The van der Waals surface area contributed by atoms with Crippen LogP contribution in [0.5, 0.6) is 0 Å². The number of hydrogen-bond donors (Lipinski definition) is 1. The molecule has 3 rings (SSSR count). The standard InChI is InChI=1S/C18H27N/c1-2-12-19-18(13-14-6-5-7-14)17-11-10-15-8-3-4-9-16(15)17/h3-4,8-9,14,17-19H,2,5-7,10-13H2,1H3. The Morgan fingerprint density at radius 2 is 2.05 bits per heavy atom. The molecule has 2 atom stereocenters. The molecule has 0 bridgehead atoms. The van der Waals surface area contributed by atoms with Crippen LogP contribution in [0.1, 0.15) is 62.5 Å². The van der Waals surface area contributed by atoms with Crippen molar-refractivity contribution < 1.29 is 0 Å². The van der Waals surface area contributed by atoms with Crippen LogP contribution in [0.15, 0.2) is 24.3 Å². The van der Waals surface area contributed by atoms with Gasteiger partial charge in [-0.1, -0.05) is 50.5 Å². The van der Waals surface area contributed by atoms with Gasteiger partial charge in [0.1, 0.15) is 0 Å². The van der Waals surface area contributed by atoms with Gasteiger partial charge in [0.15, 0.2) is 0 Å². The third-order valence-corrected chi connectivity index (χ3v) is 5.13. The molecule has 1 aromatic carbocycles. The fraction of sp³-hybridized carbons (Fsp3) is 0.667. The Hall–Kier alpha value is -0.820. The number of hydrogen-bond acceptors (Lipinski definition) is 1. The molecule has 0 radical (unpaired) electrons. The van der Waals surface area contributed by atoms with E-state index in [0.29, 0.717) is 6.04 Å². The third kappa shape index (κ3) is 2.86. The SMILES string of the molecule is CCCNC(CC1CCC1)C1CCc2ccccc21. The van der Waals surface area contributed by atoms with Crippen molar-refractivity contribution in [2.45, 2.75) is 63.8 Å². The van der Waals surface area contributed by atoms with E-state index in [-0.39, 0.29) is 0 Å². The fourth-order valence-corrected chi connectivity index (χ4v) is 3.82. The van der Waals surface area contributed by atoms with Crippen LogP contribution < -0.4 is 5.32 Å². The molecule has 1 aromatic rings. The highest BCUT2D eigenvalue weighted by Gasteiger charge is 2.32. The van der Waals surface area contributed by atoms with E-state index in [0.717, 1.165) is 11.8 Å². The lowest BCUT2D eigenvalue weighted by atomic mass is 9.77. The summed E-state index contributed by atoms with van der Waals surface area (Å²) in [5.41, 5.74) is 3.24. The summed E-state index contributed by atoms with van der Waals surface area (Å²) < 4.78 is 0. The van der Waals surface area contributed by atoms with Crippen molar-refractivity contribution in [2.24, 2.45) is 5.92 Å². The molecule has 0 spiro atoms. The van der Waals surface area contributed by atoms with E-state index in [9.17, 15) is 0 Å². The maximum Gasteiger partial charge on any atom is 0.0139 e. The van der Waals surface area contributed by atoms with Crippen LogP contribution in [0.3, 0.4) is 0 Å². The summed E-state index contributed by atoms with van der Waals surface area (Å²) in [6.07, 6.45) is 9.70. The average molecular weight is 257 g/mol. The maximum atomic E-state index is 3.85. The first-order valence-electron chi connectivity index (χ1n) is 8.19. The van der Waals surface area contributed by atoms with E-state index >= 15 is 0 Å². The molecule has 0 amide bonds. The van der Waals surface area contributed by atoms with Crippen LogP contribution in [-0.2, 0) is 6.42 Å². The molecule has 0 heterocycles. The van der Waals surface area contributed by atoms with Crippen LogP contribution in [0.2, 0.25) is 0 Å². The zero-order valence-electron chi connectivity index (χ0n) is 12.2. The number of rotatable bonds is 6. The smallest absolute Gasteiger partial charge is 0.0139 e. The average Bonchev–Trinajstić information content (AvgIpc) is 2.81. The monoisotopic (exact) mass is 257 g/mol. The molecule has 0 saturated heterocycles. The summed E-state index contributed by atoms with van der Waals surface area (Å²) in [5.74, 6) is 1.77. The molecule has 1 saturated carbocycles. The first-order chi connectivity index (χ1) is 9.38. The van der Waals surface area contributed by atoms with E-state index < -0.39 is 0 Å². The van der Waals surface area contributed by atoms with Gasteiger partial charge >= 0.3 is 0 Å². The van der Waals surface area contributed by atoms with Gasteiger partial charge in [-0.3, -0.25) is 0 Å². The molecule has 104 valence electrons. The summed E-state index contributed by atoms with van der Waals surface area (Å²) in [6.45, 7) is 3.45. The zero-order valence-corrected chi connectivity index (χ0v) is 12.2. The molecule has 1 nitrogen and oxygen atoms in total. The van der Waals surface area contributed by atoms with Crippen molar-refractivity contribution in [1.29, 1.82) is 0 Å². The predicted molar refractivity (Wildman–Crippen MR) is 81.5 cm³/mol. The molecule has 19 heavy (non-hydrogen) atoms. The second-order valence-electron chi connectivity index (χ2n) is 6.44. The van der Waals surface area contributed by atoms with E-state index in [4.69, 9.17) is 0 Å². The Morgan fingerprint density at radius 1 is 1.21 bits per heavy atom. The van der Waals surface area contributed by atoms with Crippen molar-refractivity contribution in [1.82, 2.24) is 5.32 Å². The lowest BCUT2D eigenvalue weighted by Crippen LogP contribution is -2.37. The molecular weight excluding hydrogens is 230 g/mol. The van der Waals surface area contributed by atoms with Gasteiger partial charge in [-0.2, -0.15) is 0 Å². The van der Waals surface area contributed by atoms with Crippen LogP contribution >= 0.6 is 0 Å². The van der Waals surface area contributed by atoms with Gasteiger partial charge in [0.25, 0.3) is 0 Å². The molecule has 1 N–H and O–H groups in total. The Morgan fingerprint density at radius 3 is 2.79 bits per heavy atom.